The van der Waals surface area contributed by atoms with Gasteiger partial charge < -0.3 is 0 Å². The first-order valence-corrected chi connectivity index (χ1v) is 7.82. The molecule has 1 aromatic heterocycles. The molecule has 0 atom stereocenters. The number of halogens is 1. The van der Waals surface area contributed by atoms with Gasteiger partial charge in [0.1, 0.15) is 0 Å². The Morgan fingerprint density at radius 3 is 2.44 bits per heavy atom. The standard InChI is InChI=1S/C15H18BrNS/c1-15(2,3)9-8-14-17-13(10-18-14)11-4-6-12(16)7-5-11/h4-7,10H,8-9H2,1-3H3. The molecule has 0 amide bonds. The van der Waals surface area contributed by atoms with Crippen molar-refractivity contribution in [2.45, 2.75) is 33.6 Å². The van der Waals surface area contributed by atoms with Crippen molar-refractivity contribution in [2.24, 2.45) is 5.41 Å². The molecule has 1 aromatic carbocycles. The maximum atomic E-state index is 4.72. The second-order valence-electron chi connectivity index (χ2n) is 5.69. The largest absolute Gasteiger partial charge is 0.241 e. The van der Waals surface area contributed by atoms with Gasteiger partial charge in [0.25, 0.3) is 0 Å². The summed E-state index contributed by atoms with van der Waals surface area (Å²) in [5, 5.41) is 3.39. The van der Waals surface area contributed by atoms with Crippen molar-refractivity contribution in [1.29, 1.82) is 0 Å². The van der Waals surface area contributed by atoms with E-state index in [0.29, 0.717) is 5.41 Å². The lowest BCUT2D eigenvalue weighted by atomic mass is 9.91. The molecule has 18 heavy (non-hydrogen) atoms. The van der Waals surface area contributed by atoms with E-state index in [2.05, 4.69) is 66.3 Å². The van der Waals surface area contributed by atoms with Gasteiger partial charge in [-0.15, -0.1) is 11.3 Å². The Morgan fingerprint density at radius 1 is 1.17 bits per heavy atom. The quantitative estimate of drug-likeness (QED) is 0.721. The van der Waals surface area contributed by atoms with E-state index < -0.39 is 0 Å². The summed E-state index contributed by atoms with van der Waals surface area (Å²) in [5.41, 5.74) is 2.66. The third-order valence-electron chi connectivity index (χ3n) is 2.78. The molecule has 0 radical (unpaired) electrons. The van der Waals surface area contributed by atoms with Gasteiger partial charge in [0.2, 0.25) is 0 Å². The fraction of sp³-hybridized carbons (Fsp3) is 0.400. The van der Waals surface area contributed by atoms with Crippen LogP contribution in [0.15, 0.2) is 34.1 Å². The zero-order valence-corrected chi connectivity index (χ0v) is 13.4. The first-order chi connectivity index (χ1) is 8.44. The molecule has 0 aliphatic carbocycles. The summed E-state index contributed by atoms with van der Waals surface area (Å²) in [4.78, 5) is 4.72. The van der Waals surface area contributed by atoms with Crippen molar-refractivity contribution in [2.75, 3.05) is 0 Å². The summed E-state index contributed by atoms with van der Waals surface area (Å²) in [6, 6.07) is 8.33. The number of rotatable bonds is 3. The van der Waals surface area contributed by atoms with Gasteiger partial charge in [-0.1, -0.05) is 48.8 Å². The molecule has 2 aromatic rings. The van der Waals surface area contributed by atoms with Crippen LogP contribution >= 0.6 is 27.3 Å². The van der Waals surface area contributed by atoms with Gasteiger partial charge >= 0.3 is 0 Å². The molecule has 0 aliphatic rings. The smallest absolute Gasteiger partial charge is 0.0932 e. The highest BCUT2D eigenvalue weighted by atomic mass is 79.9. The van der Waals surface area contributed by atoms with Crippen molar-refractivity contribution < 1.29 is 0 Å². The van der Waals surface area contributed by atoms with Crippen LogP contribution in [0.25, 0.3) is 11.3 Å². The Hall–Kier alpha value is -0.670. The average molecular weight is 324 g/mol. The lowest BCUT2D eigenvalue weighted by Gasteiger charge is -2.16. The Labute approximate surface area is 121 Å². The molecule has 1 nitrogen and oxygen atoms in total. The zero-order valence-electron chi connectivity index (χ0n) is 11.0. The second kappa shape index (κ2) is 5.54. The van der Waals surface area contributed by atoms with Gasteiger partial charge in [-0.25, -0.2) is 4.98 Å². The molecule has 0 aliphatic heterocycles. The predicted molar refractivity (Wildman–Crippen MR) is 83.0 cm³/mol. The highest BCUT2D eigenvalue weighted by molar-refractivity contribution is 9.10. The minimum Gasteiger partial charge on any atom is -0.241 e. The normalized spacial score (nSPS) is 11.8. The fourth-order valence-corrected chi connectivity index (χ4v) is 2.73. The third-order valence-corrected chi connectivity index (χ3v) is 4.22. The molecular weight excluding hydrogens is 306 g/mol. The minimum atomic E-state index is 0.378. The van der Waals surface area contributed by atoms with Crippen LogP contribution in [0.1, 0.15) is 32.2 Å². The molecule has 0 saturated carbocycles. The Morgan fingerprint density at radius 2 is 1.83 bits per heavy atom. The average Bonchev–Trinajstić information content (AvgIpc) is 2.75. The topological polar surface area (TPSA) is 12.9 Å². The molecule has 0 fully saturated rings. The maximum Gasteiger partial charge on any atom is 0.0932 e. The highest BCUT2D eigenvalue weighted by Gasteiger charge is 2.12. The van der Waals surface area contributed by atoms with E-state index >= 15 is 0 Å². The number of hydrogen-bond donors (Lipinski definition) is 0. The molecule has 3 heteroatoms. The third kappa shape index (κ3) is 3.92. The summed E-state index contributed by atoms with van der Waals surface area (Å²) in [7, 11) is 0. The minimum absolute atomic E-state index is 0.378. The lowest BCUT2D eigenvalue weighted by Crippen LogP contribution is -2.06. The van der Waals surface area contributed by atoms with Crippen molar-refractivity contribution in [3.63, 3.8) is 0 Å². The number of nitrogens with zero attached hydrogens (tertiary/aromatic N) is 1. The summed E-state index contributed by atoms with van der Waals surface area (Å²) in [6.07, 6.45) is 2.25. The maximum absolute atomic E-state index is 4.72. The van der Waals surface area contributed by atoms with E-state index in [-0.39, 0.29) is 0 Å². The van der Waals surface area contributed by atoms with Crippen LogP contribution < -0.4 is 0 Å². The molecule has 0 spiro atoms. The highest BCUT2D eigenvalue weighted by Crippen LogP contribution is 2.27. The van der Waals surface area contributed by atoms with E-state index in [4.69, 9.17) is 4.98 Å². The van der Waals surface area contributed by atoms with Gasteiger partial charge in [0, 0.05) is 15.4 Å². The van der Waals surface area contributed by atoms with E-state index in [1.165, 1.54) is 17.0 Å². The van der Waals surface area contributed by atoms with Gasteiger partial charge in [-0.3, -0.25) is 0 Å². The van der Waals surface area contributed by atoms with Crippen molar-refractivity contribution in [3.05, 3.63) is 39.1 Å². The summed E-state index contributed by atoms with van der Waals surface area (Å²) in [5.74, 6) is 0. The van der Waals surface area contributed by atoms with Crippen LogP contribution in [0.4, 0.5) is 0 Å². The van der Waals surface area contributed by atoms with E-state index in [1.807, 2.05) is 0 Å². The number of benzene rings is 1. The first kappa shape index (κ1) is 13.8. The predicted octanol–water partition coefficient (Wildman–Crippen LogP) is 5.55. The van der Waals surface area contributed by atoms with Crippen LogP contribution in [0.5, 0.6) is 0 Å². The first-order valence-electron chi connectivity index (χ1n) is 6.14. The Kier molecular flexibility index (Phi) is 4.23. The monoisotopic (exact) mass is 323 g/mol. The zero-order chi connectivity index (χ0) is 13.2. The fourth-order valence-electron chi connectivity index (χ4n) is 1.66. The van der Waals surface area contributed by atoms with Gasteiger partial charge in [-0.05, 0) is 30.4 Å². The van der Waals surface area contributed by atoms with Crippen molar-refractivity contribution >= 4 is 27.3 Å². The molecule has 96 valence electrons. The molecule has 1 heterocycles. The lowest BCUT2D eigenvalue weighted by molar-refractivity contribution is 0.378. The molecule has 0 bridgehead atoms. The molecule has 0 saturated heterocycles. The van der Waals surface area contributed by atoms with E-state index in [0.717, 1.165) is 16.6 Å². The van der Waals surface area contributed by atoms with Crippen LogP contribution in [0.3, 0.4) is 0 Å². The molecule has 2 rings (SSSR count). The Bertz CT molecular complexity index is 508. The SMILES string of the molecule is CC(C)(C)CCc1nc(-c2ccc(Br)cc2)cs1. The van der Waals surface area contributed by atoms with Crippen LogP contribution in [0.2, 0.25) is 0 Å². The number of hydrogen-bond acceptors (Lipinski definition) is 2. The van der Waals surface area contributed by atoms with Gasteiger partial charge in [0.15, 0.2) is 0 Å². The summed E-state index contributed by atoms with van der Waals surface area (Å²) < 4.78 is 1.11. The summed E-state index contributed by atoms with van der Waals surface area (Å²) >= 11 is 5.22. The van der Waals surface area contributed by atoms with Crippen molar-refractivity contribution in [1.82, 2.24) is 4.98 Å². The molecular formula is C15H18BrNS. The van der Waals surface area contributed by atoms with Crippen molar-refractivity contribution in [3.8, 4) is 11.3 Å². The molecule has 0 N–H and O–H groups in total. The summed E-state index contributed by atoms with van der Waals surface area (Å²) in [6.45, 7) is 6.82. The van der Waals surface area contributed by atoms with E-state index in [1.54, 1.807) is 11.3 Å². The number of aryl methyl sites for hydroxylation is 1. The van der Waals surface area contributed by atoms with E-state index in [9.17, 15) is 0 Å². The second-order valence-corrected chi connectivity index (χ2v) is 7.55. The van der Waals surface area contributed by atoms with Gasteiger partial charge in [0.05, 0.1) is 10.7 Å². The van der Waals surface area contributed by atoms with Crippen LogP contribution in [-0.4, -0.2) is 4.98 Å². The number of aromatic nitrogens is 1. The molecule has 0 unspecified atom stereocenters. The Balaban J connectivity index is 2.08. The van der Waals surface area contributed by atoms with Crippen LogP contribution in [-0.2, 0) is 6.42 Å². The van der Waals surface area contributed by atoms with Crippen LogP contribution in [0, 0.1) is 5.41 Å². The number of thiazole rings is 1. The van der Waals surface area contributed by atoms with Gasteiger partial charge in [-0.2, -0.15) is 0 Å².